The normalized spacial score (nSPS) is 22.4. The van der Waals surface area contributed by atoms with E-state index in [1.807, 2.05) is 29.2 Å². The molecule has 1 aliphatic rings. The zero-order chi connectivity index (χ0) is 14.5. The lowest BCUT2D eigenvalue weighted by Crippen LogP contribution is -2.53. The minimum atomic E-state index is -0.0825. The van der Waals surface area contributed by atoms with E-state index < -0.39 is 0 Å². The number of nitrogens with one attached hydrogen (secondary N) is 1. The summed E-state index contributed by atoms with van der Waals surface area (Å²) in [6, 6.07) is 7.64. The first kappa shape index (κ1) is 14.7. The van der Waals surface area contributed by atoms with E-state index in [0.717, 1.165) is 30.7 Å². The van der Waals surface area contributed by atoms with Crippen LogP contribution in [-0.2, 0) is 0 Å². The van der Waals surface area contributed by atoms with Crippen molar-refractivity contribution in [2.24, 2.45) is 5.73 Å². The van der Waals surface area contributed by atoms with Crippen LogP contribution in [0.2, 0.25) is 0 Å². The quantitative estimate of drug-likeness (QED) is 0.891. The van der Waals surface area contributed by atoms with Crippen LogP contribution in [-0.4, -0.2) is 36.7 Å². The average molecular weight is 277 g/mol. The number of urea groups is 1. The van der Waals surface area contributed by atoms with E-state index >= 15 is 0 Å². The van der Waals surface area contributed by atoms with E-state index in [1.54, 1.807) is 7.11 Å². The van der Waals surface area contributed by atoms with Crippen molar-refractivity contribution in [3.05, 3.63) is 24.3 Å². The number of benzene rings is 1. The van der Waals surface area contributed by atoms with Crippen molar-refractivity contribution < 1.29 is 9.53 Å². The molecule has 2 rings (SSSR count). The van der Waals surface area contributed by atoms with Crippen molar-refractivity contribution in [2.75, 3.05) is 19.0 Å². The molecule has 1 saturated heterocycles. The molecule has 2 atom stereocenters. The Hall–Kier alpha value is -1.75. The molecule has 2 amide bonds. The summed E-state index contributed by atoms with van der Waals surface area (Å²) in [7, 11) is 1.61. The molecular weight excluding hydrogens is 254 g/mol. The smallest absolute Gasteiger partial charge is 0.322 e. The van der Waals surface area contributed by atoms with Gasteiger partial charge in [-0.15, -0.1) is 0 Å². The molecule has 2 unspecified atom stereocenters. The van der Waals surface area contributed by atoms with Crippen LogP contribution in [0.3, 0.4) is 0 Å². The maximum Gasteiger partial charge on any atom is 0.322 e. The summed E-state index contributed by atoms with van der Waals surface area (Å²) < 4.78 is 5.16. The van der Waals surface area contributed by atoms with Crippen molar-refractivity contribution in [1.29, 1.82) is 0 Å². The van der Waals surface area contributed by atoms with Gasteiger partial charge in [0.25, 0.3) is 0 Å². The molecule has 0 aliphatic carbocycles. The van der Waals surface area contributed by atoms with Crippen LogP contribution < -0.4 is 15.8 Å². The molecule has 1 aromatic carbocycles. The van der Waals surface area contributed by atoms with E-state index in [9.17, 15) is 4.79 Å². The van der Waals surface area contributed by atoms with E-state index in [-0.39, 0.29) is 18.1 Å². The van der Waals surface area contributed by atoms with E-state index in [0.29, 0.717) is 6.54 Å². The van der Waals surface area contributed by atoms with Gasteiger partial charge in [-0.3, -0.25) is 0 Å². The van der Waals surface area contributed by atoms with Gasteiger partial charge in [0.15, 0.2) is 0 Å². The molecule has 20 heavy (non-hydrogen) atoms. The Morgan fingerprint density at radius 1 is 1.50 bits per heavy atom. The van der Waals surface area contributed by atoms with E-state index in [1.165, 1.54) is 0 Å². The van der Waals surface area contributed by atoms with Crippen LogP contribution in [0.15, 0.2) is 24.3 Å². The van der Waals surface area contributed by atoms with Crippen LogP contribution in [0.1, 0.15) is 26.2 Å². The number of rotatable bonds is 3. The fourth-order valence-electron chi connectivity index (χ4n) is 2.77. The molecule has 0 bridgehead atoms. The van der Waals surface area contributed by atoms with Crippen LogP contribution in [0, 0.1) is 0 Å². The molecule has 0 spiro atoms. The van der Waals surface area contributed by atoms with Crippen molar-refractivity contribution in [2.45, 2.75) is 38.3 Å². The molecule has 1 aliphatic heterocycles. The Labute approximate surface area is 120 Å². The minimum Gasteiger partial charge on any atom is -0.497 e. The highest BCUT2D eigenvalue weighted by atomic mass is 16.5. The summed E-state index contributed by atoms with van der Waals surface area (Å²) in [6.07, 6.45) is 3.14. The Morgan fingerprint density at radius 3 is 3.00 bits per heavy atom. The van der Waals surface area contributed by atoms with Crippen molar-refractivity contribution in [1.82, 2.24) is 4.90 Å². The molecular formula is C15H23N3O2. The van der Waals surface area contributed by atoms with Gasteiger partial charge in [0.1, 0.15) is 5.75 Å². The number of nitrogens with two attached hydrogens (primary N) is 1. The number of nitrogens with zero attached hydrogens (tertiary/aromatic N) is 1. The van der Waals surface area contributed by atoms with Gasteiger partial charge in [0.05, 0.1) is 7.11 Å². The minimum absolute atomic E-state index is 0.0825. The number of amides is 2. The monoisotopic (exact) mass is 277 g/mol. The fourth-order valence-corrected chi connectivity index (χ4v) is 2.77. The van der Waals surface area contributed by atoms with Crippen LogP contribution in [0.25, 0.3) is 0 Å². The van der Waals surface area contributed by atoms with Gasteiger partial charge in [-0.1, -0.05) is 6.07 Å². The summed E-state index contributed by atoms with van der Waals surface area (Å²) in [5.74, 6) is 0.727. The number of methoxy groups -OCH3 is 1. The first-order chi connectivity index (χ1) is 9.65. The molecule has 1 fully saturated rings. The number of anilines is 1. The Morgan fingerprint density at radius 2 is 2.30 bits per heavy atom. The van der Waals surface area contributed by atoms with Crippen LogP contribution in [0.4, 0.5) is 10.5 Å². The maximum atomic E-state index is 12.5. The lowest BCUT2D eigenvalue weighted by atomic mass is 9.97. The van der Waals surface area contributed by atoms with Gasteiger partial charge in [-0.2, -0.15) is 0 Å². The largest absolute Gasteiger partial charge is 0.497 e. The number of likely N-dealkylation sites (tertiary alicyclic amines) is 1. The first-order valence-corrected chi connectivity index (χ1v) is 7.09. The molecule has 5 nitrogen and oxygen atoms in total. The second kappa shape index (κ2) is 6.61. The number of ether oxygens (including phenoxy) is 1. The van der Waals surface area contributed by atoms with Crippen LogP contribution in [0.5, 0.6) is 5.75 Å². The molecule has 0 aromatic heterocycles. The third-order valence-electron chi connectivity index (χ3n) is 3.86. The summed E-state index contributed by atoms with van der Waals surface area (Å²) in [6.45, 7) is 2.59. The maximum absolute atomic E-state index is 12.5. The predicted octanol–water partition coefficient (Wildman–Crippen LogP) is 2.43. The second-order valence-corrected chi connectivity index (χ2v) is 5.24. The number of hydrogen-bond acceptors (Lipinski definition) is 3. The second-order valence-electron chi connectivity index (χ2n) is 5.24. The Balaban J connectivity index is 2.09. The van der Waals surface area contributed by atoms with Crippen LogP contribution >= 0.6 is 0 Å². The van der Waals surface area contributed by atoms with E-state index in [2.05, 4.69) is 12.2 Å². The summed E-state index contributed by atoms with van der Waals surface area (Å²) in [5.41, 5.74) is 6.53. The topological polar surface area (TPSA) is 67.6 Å². The number of carbonyl (C=O) groups excluding carboxylic acids is 1. The van der Waals surface area contributed by atoms with Gasteiger partial charge >= 0.3 is 6.03 Å². The SMILES string of the molecule is COc1cccc(NC(=O)N2C(C)CCCC2CN)c1. The zero-order valence-corrected chi connectivity index (χ0v) is 12.1. The third-order valence-corrected chi connectivity index (χ3v) is 3.86. The molecule has 5 heteroatoms. The van der Waals surface area contributed by atoms with Gasteiger partial charge in [0.2, 0.25) is 0 Å². The fraction of sp³-hybridized carbons (Fsp3) is 0.533. The average Bonchev–Trinajstić information content (AvgIpc) is 2.46. The zero-order valence-electron chi connectivity index (χ0n) is 12.1. The molecule has 1 heterocycles. The highest BCUT2D eigenvalue weighted by Crippen LogP contribution is 2.24. The lowest BCUT2D eigenvalue weighted by molar-refractivity contribution is 0.128. The number of piperidine rings is 1. The summed E-state index contributed by atoms with van der Waals surface area (Å²) in [4.78, 5) is 14.3. The van der Waals surface area contributed by atoms with Gasteiger partial charge in [0, 0.05) is 30.4 Å². The molecule has 0 saturated carbocycles. The lowest BCUT2D eigenvalue weighted by Gasteiger charge is -2.40. The Bertz CT molecular complexity index is 464. The Kier molecular flexibility index (Phi) is 4.84. The standard InChI is InChI=1S/C15H23N3O2/c1-11-5-3-7-13(10-16)18(11)15(19)17-12-6-4-8-14(9-12)20-2/h4,6,8-9,11,13H,3,5,7,10,16H2,1-2H3,(H,17,19). The summed E-state index contributed by atoms with van der Waals surface area (Å²) in [5, 5.41) is 2.93. The molecule has 0 radical (unpaired) electrons. The molecule has 1 aromatic rings. The van der Waals surface area contributed by atoms with Gasteiger partial charge in [-0.05, 0) is 38.3 Å². The highest BCUT2D eigenvalue weighted by Gasteiger charge is 2.30. The van der Waals surface area contributed by atoms with Crippen molar-refractivity contribution in [3.63, 3.8) is 0 Å². The van der Waals surface area contributed by atoms with Crippen molar-refractivity contribution >= 4 is 11.7 Å². The first-order valence-electron chi connectivity index (χ1n) is 7.09. The van der Waals surface area contributed by atoms with E-state index in [4.69, 9.17) is 10.5 Å². The van der Waals surface area contributed by atoms with Gasteiger partial charge < -0.3 is 20.7 Å². The number of carbonyl (C=O) groups is 1. The summed E-state index contributed by atoms with van der Waals surface area (Å²) >= 11 is 0. The van der Waals surface area contributed by atoms with Gasteiger partial charge in [-0.25, -0.2) is 4.79 Å². The predicted molar refractivity (Wildman–Crippen MR) is 80.0 cm³/mol. The number of hydrogen-bond donors (Lipinski definition) is 2. The van der Waals surface area contributed by atoms with Crippen molar-refractivity contribution in [3.8, 4) is 5.75 Å². The highest BCUT2D eigenvalue weighted by molar-refractivity contribution is 5.90. The molecule has 110 valence electrons. The molecule has 3 N–H and O–H groups in total. The third kappa shape index (κ3) is 3.22.